The maximum absolute atomic E-state index is 3.97. The summed E-state index contributed by atoms with van der Waals surface area (Å²) in [5, 5.41) is 6.33. The zero-order valence-corrected chi connectivity index (χ0v) is 8.56. The number of nitrogens with one attached hydrogen (secondary N) is 2. The molecule has 1 heterocycles. The van der Waals surface area contributed by atoms with Gasteiger partial charge in [0, 0.05) is 25.5 Å². The summed E-state index contributed by atoms with van der Waals surface area (Å²) in [6.07, 6.45) is 3.55. The maximum Gasteiger partial charge on any atom is 0.0590 e. The number of hydrogen-bond donors (Lipinski definition) is 2. The normalized spacial score (nSPS) is 9.83. The molecule has 4 heteroatoms. The highest BCUT2D eigenvalue weighted by Gasteiger charge is 1.95. The van der Waals surface area contributed by atoms with Crippen molar-refractivity contribution in [2.75, 3.05) is 25.5 Å². The lowest BCUT2D eigenvalue weighted by Crippen LogP contribution is -2.17. The molecule has 3 nitrogen and oxygen atoms in total. The zero-order valence-electron chi connectivity index (χ0n) is 6.97. The molecule has 2 N–H and O–H groups in total. The second-order valence-corrected chi connectivity index (χ2v) is 3.24. The molecule has 0 saturated carbocycles. The van der Waals surface area contributed by atoms with E-state index in [1.54, 1.807) is 12.4 Å². The van der Waals surface area contributed by atoms with Crippen molar-refractivity contribution in [1.29, 1.82) is 0 Å². The van der Waals surface area contributed by atoms with Gasteiger partial charge in [-0.2, -0.15) is 0 Å². The second kappa shape index (κ2) is 5.11. The van der Waals surface area contributed by atoms with E-state index in [4.69, 9.17) is 0 Å². The Morgan fingerprint density at radius 1 is 1.50 bits per heavy atom. The van der Waals surface area contributed by atoms with Gasteiger partial charge in [-0.05, 0) is 29.0 Å². The first kappa shape index (κ1) is 9.48. The van der Waals surface area contributed by atoms with E-state index in [-0.39, 0.29) is 0 Å². The quantitative estimate of drug-likeness (QED) is 0.769. The van der Waals surface area contributed by atoms with Crippen LogP contribution in [0.3, 0.4) is 0 Å². The van der Waals surface area contributed by atoms with Gasteiger partial charge in [0.2, 0.25) is 0 Å². The van der Waals surface area contributed by atoms with Gasteiger partial charge in [-0.15, -0.1) is 0 Å². The Morgan fingerprint density at radius 2 is 2.33 bits per heavy atom. The Hall–Kier alpha value is -0.610. The highest BCUT2D eigenvalue weighted by Crippen LogP contribution is 2.19. The minimum Gasteiger partial charge on any atom is -0.383 e. The van der Waals surface area contributed by atoms with Crippen LogP contribution < -0.4 is 10.6 Å². The van der Waals surface area contributed by atoms with Crippen molar-refractivity contribution >= 4 is 21.6 Å². The van der Waals surface area contributed by atoms with Gasteiger partial charge in [0.05, 0.1) is 10.2 Å². The van der Waals surface area contributed by atoms with Crippen molar-refractivity contribution in [3.05, 3.63) is 22.9 Å². The number of aromatic nitrogens is 1. The lowest BCUT2D eigenvalue weighted by Gasteiger charge is -2.06. The van der Waals surface area contributed by atoms with Gasteiger partial charge in [-0.3, -0.25) is 4.98 Å². The van der Waals surface area contributed by atoms with Crippen LogP contribution in [-0.4, -0.2) is 25.1 Å². The molecule has 0 amide bonds. The van der Waals surface area contributed by atoms with E-state index >= 15 is 0 Å². The molecule has 0 aliphatic rings. The standard InChI is InChI=1S/C8H12BrN3/c1-10-4-5-12-8-2-3-11-6-7(8)9/h2-3,6,10H,4-5H2,1H3,(H,11,12). The summed E-state index contributed by atoms with van der Waals surface area (Å²) in [4.78, 5) is 3.97. The molecule has 1 aromatic heterocycles. The highest BCUT2D eigenvalue weighted by molar-refractivity contribution is 9.10. The second-order valence-electron chi connectivity index (χ2n) is 2.39. The molecule has 0 unspecified atom stereocenters. The van der Waals surface area contributed by atoms with Crippen molar-refractivity contribution in [1.82, 2.24) is 10.3 Å². The van der Waals surface area contributed by atoms with Crippen molar-refractivity contribution in [3.8, 4) is 0 Å². The minimum atomic E-state index is 0.916. The van der Waals surface area contributed by atoms with Gasteiger partial charge in [-0.1, -0.05) is 0 Å². The molecule has 0 atom stereocenters. The van der Waals surface area contributed by atoms with Gasteiger partial charge in [0.25, 0.3) is 0 Å². The maximum atomic E-state index is 3.97. The summed E-state index contributed by atoms with van der Waals surface area (Å²) in [5.41, 5.74) is 1.08. The number of rotatable bonds is 4. The van der Waals surface area contributed by atoms with Crippen LogP contribution in [0.25, 0.3) is 0 Å². The molecule has 1 aromatic rings. The summed E-state index contributed by atoms with van der Waals surface area (Å²) < 4.78 is 1.00. The van der Waals surface area contributed by atoms with E-state index in [1.807, 2.05) is 13.1 Å². The van der Waals surface area contributed by atoms with Crippen LogP contribution in [0, 0.1) is 0 Å². The summed E-state index contributed by atoms with van der Waals surface area (Å²) in [6.45, 7) is 1.87. The fourth-order valence-electron chi connectivity index (χ4n) is 0.841. The molecule has 0 saturated heterocycles. The molecule has 0 fully saturated rings. The zero-order chi connectivity index (χ0) is 8.81. The monoisotopic (exact) mass is 229 g/mol. The van der Waals surface area contributed by atoms with Crippen LogP contribution in [0.4, 0.5) is 5.69 Å². The van der Waals surface area contributed by atoms with E-state index < -0.39 is 0 Å². The van der Waals surface area contributed by atoms with Crippen LogP contribution in [0.2, 0.25) is 0 Å². The van der Waals surface area contributed by atoms with Crippen molar-refractivity contribution in [3.63, 3.8) is 0 Å². The number of halogens is 1. The lowest BCUT2D eigenvalue weighted by molar-refractivity contribution is 0.823. The van der Waals surface area contributed by atoms with Crippen LogP contribution in [0.5, 0.6) is 0 Å². The smallest absolute Gasteiger partial charge is 0.0590 e. The van der Waals surface area contributed by atoms with Crippen LogP contribution in [0.15, 0.2) is 22.9 Å². The Labute approximate surface area is 80.7 Å². The molecule has 0 aromatic carbocycles. The third-order valence-electron chi connectivity index (χ3n) is 1.46. The number of nitrogens with zero attached hydrogens (tertiary/aromatic N) is 1. The Kier molecular flexibility index (Phi) is 4.04. The SMILES string of the molecule is CNCCNc1ccncc1Br. The number of pyridine rings is 1. The largest absolute Gasteiger partial charge is 0.383 e. The van der Waals surface area contributed by atoms with Gasteiger partial charge >= 0.3 is 0 Å². The number of anilines is 1. The molecule has 0 spiro atoms. The Balaban J connectivity index is 2.46. The number of likely N-dealkylation sites (N-methyl/N-ethyl adjacent to an activating group) is 1. The average Bonchev–Trinajstić information content (AvgIpc) is 2.09. The lowest BCUT2D eigenvalue weighted by atomic mass is 10.4. The Bertz CT molecular complexity index is 239. The van der Waals surface area contributed by atoms with Crippen LogP contribution in [0.1, 0.15) is 0 Å². The summed E-state index contributed by atoms with van der Waals surface area (Å²) in [6, 6.07) is 1.94. The van der Waals surface area contributed by atoms with E-state index in [9.17, 15) is 0 Å². The molecular weight excluding hydrogens is 218 g/mol. The number of hydrogen-bond acceptors (Lipinski definition) is 3. The van der Waals surface area contributed by atoms with Crippen LogP contribution >= 0.6 is 15.9 Å². The van der Waals surface area contributed by atoms with Crippen molar-refractivity contribution in [2.24, 2.45) is 0 Å². The summed E-state index contributed by atoms with van der Waals surface area (Å²) >= 11 is 3.40. The van der Waals surface area contributed by atoms with Gasteiger partial charge in [0.15, 0.2) is 0 Å². The van der Waals surface area contributed by atoms with Gasteiger partial charge in [-0.25, -0.2) is 0 Å². The first-order chi connectivity index (χ1) is 5.84. The van der Waals surface area contributed by atoms with Gasteiger partial charge in [0.1, 0.15) is 0 Å². The van der Waals surface area contributed by atoms with Gasteiger partial charge < -0.3 is 10.6 Å². The predicted molar refractivity (Wildman–Crippen MR) is 54.4 cm³/mol. The minimum absolute atomic E-state index is 0.916. The van der Waals surface area contributed by atoms with Crippen molar-refractivity contribution < 1.29 is 0 Å². The predicted octanol–water partition coefficient (Wildman–Crippen LogP) is 1.48. The molecule has 66 valence electrons. The first-order valence-electron chi connectivity index (χ1n) is 3.82. The highest BCUT2D eigenvalue weighted by atomic mass is 79.9. The first-order valence-corrected chi connectivity index (χ1v) is 4.62. The van der Waals surface area contributed by atoms with Crippen molar-refractivity contribution in [2.45, 2.75) is 0 Å². The molecule has 0 aliphatic carbocycles. The molecule has 0 radical (unpaired) electrons. The molecule has 12 heavy (non-hydrogen) atoms. The Morgan fingerprint density at radius 3 is 3.00 bits per heavy atom. The third kappa shape index (κ3) is 2.79. The third-order valence-corrected chi connectivity index (χ3v) is 2.09. The van der Waals surface area contributed by atoms with E-state index in [2.05, 4.69) is 31.5 Å². The van der Waals surface area contributed by atoms with Crippen LogP contribution in [-0.2, 0) is 0 Å². The molecule has 0 aliphatic heterocycles. The summed E-state index contributed by atoms with van der Waals surface area (Å²) in [7, 11) is 1.93. The fraction of sp³-hybridized carbons (Fsp3) is 0.375. The van der Waals surface area contributed by atoms with E-state index in [1.165, 1.54) is 0 Å². The summed E-state index contributed by atoms with van der Waals surface area (Å²) in [5.74, 6) is 0. The van der Waals surface area contributed by atoms with E-state index in [0.717, 1.165) is 23.2 Å². The molecule has 1 rings (SSSR count). The fourth-order valence-corrected chi connectivity index (χ4v) is 1.23. The topological polar surface area (TPSA) is 37.0 Å². The average molecular weight is 230 g/mol. The molecule has 0 bridgehead atoms. The van der Waals surface area contributed by atoms with E-state index in [0.29, 0.717) is 0 Å². The molecular formula is C8H12BrN3.